The Morgan fingerprint density at radius 3 is 3.00 bits per heavy atom. The predicted molar refractivity (Wildman–Crippen MR) is 76.1 cm³/mol. The van der Waals surface area contributed by atoms with Crippen LogP contribution in [0.4, 0.5) is 0 Å². The van der Waals surface area contributed by atoms with E-state index in [0.29, 0.717) is 6.04 Å². The van der Waals surface area contributed by atoms with Gasteiger partial charge in [-0.3, -0.25) is 9.88 Å². The smallest absolute Gasteiger partial charge is 0.122 e. The van der Waals surface area contributed by atoms with Gasteiger partial charge in [-0.05, 0) is 38.1 Å². The molecule has 0 aliphatic carbocycles. The first-order chi connectivity index (χ1) is 9.43. The Balaban J connectivity index is 1.59. The molecule has 0 spiro atoms. The van der Waals surface area contributed by atoms with E-state index < -0.39 is 0 Å². The monoisotopic (exact) mass is 277 g/mol. The van der Waals surface area contributed by atoms with Crippen molar-refractivity contribution in [3.05, 3.63) is 40.7 Å². The van der Waals surface area contributed by atoms with Gasteiger partial charge in [0.2, 0.25) is 0 Å². The molecule has 1 aliphatic rings. The number of nitrogens with one attached hydrogen (secondary N) is 1. The molecule has 3 heterocycles. The van der Waals surface area contributed by atoms with E-state index in [4.69, 9.17) is 4.42 Å². The van der Waals surface area contributed by atoms with E-state index in [1.807, 2.05) is 17.8 Å². The fourth-order valence-corrected chi connectivity index (χ4v) is 3.17. The normalized spacial score (nSPS) is 17.9. The molecular weight excluding hydrogens is 258 g/mol. The van der Waals surface area contributed by atoms with Gasteiger partial charge in [0.1, 0.15) is 5.76 Å². The first kappa shape index (κ1) is 12.8. The van der Waals surface area contributed by atoms with Crippen molar-refractivity contribution < 1.29 is 4.42 Å². The quantitative estimate of drug-likeness (QED) is 0.881. The minimum absolute atomic E-state index is 0.352. The third-order valence-corrected chi connectivity index (χ3v) is 4.35. The molecule has 1 N–H and O–H groups in total. The van der Waals surface area contributed by atoms with Crippen molar-refractivity contribution >= 4 is 11.3 Å². The Labute approximate surface area is 117 Å². The number of likely N-dealkylation sites (tertiary alicyclic amines) is 1. The number of rotatable bonds is 6. The zero-order valence-corrected chi connectivity index (χ0v) is 11.7. The van der Waals surface area contributed by atoms with Crippen LogP contribution < -0.4 is 5.32 Å². The minimum atomic E-state index is 0.352. The molecule has 0 saturated carbocycles. The van der Waals surface area contributed by atoms with Gasteiger partial charge in [0.05, 0.1) is 17.8 Å². The largest absolute Gasteiger partial charge is 0.468 e. The third-order valence-electron chi connectivity index (χ3n) is 3.57. The van der Waals surface area contributed by atoms with Crippen molar-refractivity contribution in [1.29, 1.82) is 0 Å². The molecule has 0 bridgehead atoms. The molecule has 3 rings (SSSR count). The van der Waals surface area contributed by atoms with Crippen LogP contribution in [-0.4, -0.2) is 29.5 Å². The van der Waals surface area contributed by atoms with Crippen molar-refractivity contribution in [2.45, 2.75) is 25.4 Å². The Kier molecular flexibility index (Phi) is 4.27. The summed E-state index contributed by atoms with van der Waals surface area (Å²) < 4.78 is 5.60. The highest BCUT2D eigenvalue weighted by Gasteiger charge is 2.24. The van der Waals surface area contributed by atoms with Crippen LogP contribution in [0.2, 0.25) is 0 Å². The van der Waals surface area contributed by atoms with Crippen LogP contribution in [0.15, 0.2) is 34.5 Å². The topological polar surface area (TPSA) is 41.3 Å². The van der Waals surface area contributed by atoms with Gasteiger partial charge in [-0.25, -0.2) is 0 Å². The molecule has 2 aromatic rings. The molecule has 4 nitrogen and oxygen atoms in total. The van der Waals surface area contributed by atoms with Gasteiger partial charge < -0.3 is 9.73 Å². The molecule has 2 aromatic heterocycles. The maximum absolute atomic E-state index is 5.60. The standard InChI is InChI=1S/C14H19N3OS/c1-2-6-17(5-1)13(14-4-3-7-18-14)10-15-8-12-9-16-11-19-12/h3-4,7,9,11,13,15H,1-2,5-6,8,10H2. The van der Waals surface area contributed by atoms with Gasteiger partial charge in [0.15, 0.2) is 0 Å². The molecule has 0 amide bonds. The molecular formula is C14H19N3OS. The van der Waals surface area contributed by atoms with Crippen LogP contribution in [0.5, 0.6) is 0 Å². The van der Waals surface area contributed by atoms with E-state index in [0.717, 1.165) is 18.8 Å². The van der Waals surface area contributed by atoms with E-state index in [1.165, 1.54) is 30.8 Å². The number of aromatic nitrogens is 1. The molecule has 102 valence electrons. The van der Waals surface area contributed by atoms with E-state index >= 15 is 0 Å². The van der Waals surface area contributed by atoms with Crippen molar-refractivity contribution in [2.75, 3.05) is 19.6 Å². The Hall–Kier alpha value is -1.17. The molecule has 0 radical (unpaired) electrons. The van der Waals surface area contributed by atoms with Crippen molar-refractivity contribution in [3.63, 3.8) is 0 Å². The second-order valence-electron chi connectivity index (χ2n) is 4.87. The molecule has 1 saturated heterocycles. The number of nitrogens with zero attached hydrogens (tertiary/aromatic N) is 2. The lowest BCUT2D eigenvalue weighted by molar-refractivity contribution is 0.209. The average molecular weight is 277 g/mol. The minimum Gasteiger partial charge on any atom is -0.468 e. The Bertz CT molecular complexity index is 463. The van der Waals surface area contributed by atoms with E-state index in [-0.39, 0.29) is 0 Å². The molecule has 1 fully saturated rings. The highest BCUT2D eigenvalue weighted by molar-refractivity contribution is 7.09. The summed E-state index contributed by atoms with van der Waals surface area (Å²) in [5, 5.41) is 3.52. The summed E-state index contributed by atoms with van der Waals surface area (Å²) >= 11 is 1.69. The van der Waals surface area contributed by atoms with Crippen LogP contribution in [0.25, 0.3) is 0 Å². The summed E-state index contributed by atoms with van der Waals surface area (Å²) in [5.41, 5.74) is 1.88. The summed E-state index contributed by atoms with van der Waals surface area (Å²) in [6.07, 6.45) is 6.29. The summed E-state index contributed by atoms with van der Waals surface area (Å²) in [7, 11) is 0. The van der Waals surface area contributed by atoms with Crippen LogP contribution >= 0.6 is 11.3 Å². The lowest BCUT2D eigenvalue weighted by atomic mass is 10.2. The summed E-state index contributed by atoms with van der Waals surface area (Å²) in [6.45, 7) is 4.16. The summed E-state index contributed by atoms with van der Waals surface area (Å²) in [5.74, 6) is 1.07. The lowest BCUT2D eigenvalue weighted by Crippen LogP contribution is -2.33. The number of furan rings is 1. The van der Waals surface area contributed by atoms with Gasteiger partial charge in [0, 0.05) is 24.2 Å². The zero-order chi connectivity index (χ0) is 12.9. The van der Waals surface area contributed by atoms with Crippen LogP contribution in [0.1, 0.15) is 29.5 Å². The van der Waals surface area contributed by atoms with Crippen molar-refractivity contribution in [1.82, 2.24) is 15.2 Å². The molecule has 19 heavy (non-hydrogen) atoms. The summed E-state index contributed by atoms with van der Waals surface area (Å²) in [4.78, 5) is 7.89. The SMILES string of the molecule is c1coc(C(CNCc2cncs2)N2CCCC2)c1. The fourth-order valence-electron chi connectivity index (χ4n) is 2.61. The molecule has 5 heteroatoms. The first-order valence-electron chi connectivity index (χ1n) is 6.79. The van der Waals surface area contributed by atoms with E-state index in [2.05, 4.69) is 21.3 Å². The third kappa shape index (κ3) is 3.23. The van der Waals surface area contributed by atoms with Gasteiger partial charge >= 0.3 is 0 Å². The average Bonchev–Trinajstić information content (AvgIpc) is 3.15. The first-order valence-corrected chi connectivity index (χ1v) is 7.67. The van der Waals surface area contributed by atoms with Crippen LogP contribution in [0, 0.1) is 0 Å². The van der Waals surface area contributed by atoms with Gasteiger partial charge in [0.25, 0.3) is 0 Å². The number of thiazole rings is 1. The second-order valence-corrected chi connectivity index (χ2v) is 5.84. The van der Waals surface area contributed by atoms with Gasteiger partial charge in [-0.15, -0.1) is 11.3 Å². The Morgan fingerprint density at radius 2 is 2.32 bits per heavy atom. The lowest BCUT2D eigenvalue weighted by Gasteiger charge is -2.26. The molecule has 1 aliphatic heterocycles. The van der Waals surface area contributed by atoms with Crippen molar-refractivity contribution in [2.24, 2.45) is 0 Å². The highest BCUT2D eigenvalue weighted by atomic mass is 32.1. The highest BCUT2D eigenvalue weighted by Crippen LogP contribution is 2.25. The van der Waals surface area contributed by atoms with Gasteiger partial charge in [-0.1, -0.05) is 0 Å². The zero-order valence-electron chi connectivity index (χ0n) is 10.9. The van der Waals surface area contributed by atoms with E-state index in [9.17, 15) is 0 Å². The molecule has 1 atom stereocenters. The predicted octanol–water partition coefficient (Wildman–Crippen LogP) is 2.66. The maximum Gasteiger partial charge on any atom is 0.122 e. The number of hydrogen-bond donors (Lipinski definition) is 1. The Morgan fingerprint density at radius 1 is 1.42 bits per heavy atom. The van der Waals surface area contributed by atoms with Gasteiger partial charge in [-0.2, -0.15) is 0 Å². The van der Waals surface area contributed by atoms with Crippen LogP contribution in [0.3, 0.4) is 0 Å². The molecule has 0 aromatic carbocycles. The van der Waals surface area contributed by atoms with E-state index in [1.54, 1.807) is 17.6 Å². The fraction of sp³-hybridized carbons (Fsp3) is 0.500. The number of hydrogen-bond acceptors (Lipinski definition) is 5. The van der Waals surface area contributed by atoms with Crippen molar-refractivity contribution in [3.8, 4) is 0 Å². The second kappa shape index (κ2) is 6.32. The maximum atomic E-state index is 5.60. The van der Waals surface area contributed by atoms with Crippen LogP contribution in [-0.2, 0) is 6.54 Å². The molecule has 1 unspecified atom stereocenters. The summed E-state index contributed by atoms with van der Waals surface area (Å²) in [6, 6.07) is 4.41.